The Morgan fingerprint density at radius 3 is 2.00 bits per heavy atom. The van der Waals surface area contributed by atoms with Crippen LogP contribution in [0.3, 0.4) is 0 Å². The Kier molecular flexibility index (Phi) is 8.20. The summed E-state index contributed by atoms with van der Waals surface area (Å²) in [7, 11) is 0. The van der Waals surface area contributed by atoms with E-state index < -0.39 is 5.91 Å². The number of hydrogen-bond acceptors (Lipinski definition) is 3. The van der Waals surface area contributed by atoms with E-state index in [4.69, 9.17) is 11.6 Å². The van der Waals surface area contributed by atoms with Crippen molar-refractivity contribution in [3.8, 4) is 0 Å². The van der Waals surface area contributed by atoms with Crippen molar-refractivity contribution < 1.29 is 14.4 Å². The summed E-state index contributed by atoms with van der Waals surface area (Å²) in [6.07, 6.45) is 1.18. The molecule has 0 unspecified atom stereocenters. The summed E-state index contributed by atoms with van der Waals surface area (Å²) in [5.41, 5.74) is 7.25. The number of ketones is 1. The molecule has 0 atom stereocenters. The van der Waals surface area contributed by atoms with Crippen LogP contribution in [0.1, 0.15) is 48.2 Å². The lowest BCUT2D eigenvalue weighted by molar-refractivity contribution is -0.128. The lowest BCUT2D eigenvalue weighted by Crippen LogP contribution is -2.42. The van der Waals surface area contributed by atoms with E-state index in [1.807, 2.05) is 12.1 Å². The molecule has 28 heavy (non-hydrogen) atoms. The monoisotopic (exact) mass is 400 g/mol. The molecule has 2 N–H and O–H groups in total. The molecule has 0 heterocycles. The molecule has 0 aliphatic rings. The van der Waals surface area contributed by atoms with Crippen molar-refractivity contribution in [2.45, 2.75) is 39.5 Å². The van der Waals surface area contributed by atoms with Crippen molar-refractivity contribution in [3.63, 3.8) is 0 Å². The average molecular weight is 401 g/mol. The van der Waals surface area contributed by atoms with Gasteiger partial charge in [0.1, 0.15) is 0 Å². The highest BCUT2D eigenvalue weighted by atomic mass is 35.5. The van der Waals surface area contributed by atoms with Crippen LogP contribution in [0, 0.1) is 5.92 Å². The van der Waals surface area contributed by atoms with Gasteiger partial charge in [0.15, 0.2) is 5.78 Å². The first-order valence-electron chi connectivity index (χ1n) is 9.27. The van der Waals surface area contributed by atoms with Gasteiger partial charge in [0.2, 0.25) is 11.8 Å². The zero-order valence-corrected chi connectivity index (χ0v) is 16.9. The molecule has 6 heteroatoms. The molecule has 2 aromatic rings. The van der Waals surface area contributed by atoms with E-state index in [-0.39, 0.29) is 31.0 Å². The Balaban J connectivity index is 1.71. The van der Waals surface area contributed by atoms with Gasteiger partial charge in [-0.3, -0.25) is 25.2 Å². The quantitative estimate of drug-likeness (QED) is 0.521. The number of hydrogen-bond donors (Lipinski definition) is 2. The normalized spacial score (nSPS) is 10.6. The predicted molar refractivity (Wildman–Crippen MR) is 110 cm³/mol. The Bertz CT molecular complexity index is 815. The maximum atomic E-state index is 12.2. The second-order valence-electron chi connectivity index (χ2n) is 7.12. The highest BCUT2D eigenvalue weighted by Gasteiger charge is 2.11. The SMILES string of the molecule is CC(C)Cc1ccc(C(=O)CCC(=O)NNC(=O)Cc2ccc(Cl)cc2)cc1. The van der Waals surface area contributed by atoms with Gasteiger partial charge >= 0.3 is 0 Å². The average Bonchev–Trinajstić information content (AvgIpc) is 2.66. The molecule has 0 radical (unpaired) electrons. The maximum absolute atomic E-state index is 12.2. The van der Waals surface area contributed by atoms with Gasteiger partial charge in [0.05, 0.1) is 6.42 Å². The van der Waals surface area contributed by atoms with Gasteiger partial charge < -0.3 is 0 Å². The molecule has 0 fully saturated rings. The third-order valence-corrected chi connectivity index (χ3v) is 4.37. The number of benzene rings is 2. The first-order valence-corrected chi connectivity index (χ1v) is 9.65. The van der Waals surface area contributed by atoms with E-state index in [0.717, 1.165) is 12.0 Å². The van der Waals surface area contributed by atoms with Crippen LogP contribution in [0.2, 0.25) is 5.02 Å². The third-order valence-electron chi connectivity index (χ3n) is 4.12. The van der Waals surface area contributed by atoms with Crippen LogP contribution in [-0.4, -0.2) is 17.6 Å². The van der Waals surface area contributed by atoms with Gasteiger partial charge in [-0.15, -0.1) is 0 Å². The van der Waals surface area contributed by atoms with Gasteiger partial charge in [-0.2, -0.15) is 0 Å². The topological polar surface area (TPSA) is 75.3 Å². The molecule has 2 amide bonds. The summed E-state index contributed by atoms with van der Waals surface area (Å²) in [5, 5.41) is 0.594. The summed E-state index contributed by atoms with van der Waals surface area (Å²) < 4.78 is 0. The van der Waals surface area contributed by atoms with Crippen molar-refractivity contribution in [2.24, 2.45) is 5.92 Å². The predicted octanol–water partition coefficient (Wildman–Crippen LogP) is 3.89. The van der Waals surface area contributed by atoms with Gasteiger partial charge in [-0.1, -0.05) is 61.8 Å². The zero-order valence-electron chi connectivity index (χ0n) is 16.1. The number of rotatable bonds is 8. The molecule has 0 bridgehead atoms. The molecule has 0 aliphatic carbocycles. The fourth-order valence-electron chi connectivity index (χ4n) is 2.70. The second-order valence-corrected chi connectivity index (χ2v) is 7.55. The van der Waals surface area contributed by atoms with E-state index in [9.17, 15) is 14.4 Å². The highest BCUT2D eigenvalue weighted by molar-refractivity contribution is 6.30. The number of nitrogens with one attached hydrogen (secondary N) is 2. The molecular formula is C22H25ClN2O3. The molecule has 148 valence electrons. The van der Waals surface area contributed by atoms with E-state index >= 15 is 0 Å². The Morgan fingerprint density at radius 1 is 0.821 bits per heavy atom. The van der Waals surface area contributed by atoms with Gasteiger partial charge in [0, 0.05) is 23.4 Å². The Hall–Kier alpha value is -2.66. The van der Waals surface area contributed by atoms with Crippen molar-refractivity contribution in [1.29, 1.82) is 0 Å². The van der Waals surface area contributed by atoms with Gasteiger partial charge in [-0.25, -0.2) is 0 Å². The number of Topliss-reactive ketones (excluding diaryl/α,β-unsaturated/α-hetero) is 1. The van der Waals surface area contributed by atoms with E-state index in [1.54, 1.807) is 36.4 Å². The Labute approximate surface area is 170 Å². The third kappa shape index (κ3) is 7.53. The summed E-state index contributed by atoms with van der Waals surface area (Å²) in [6, 6.07) is 14.4. The largest absolute Gasteiger partial charge is 0.294 e. The zero-order chi connectivity index (χ0) is 20.5. The van der Waals surface area contributed by atoms with Gasteiger partial charge in [-0.05, 0) is 35.6 Å². The molecule has 0 aromatic heterocycles. The summed E-state index contributed by atoms with van der Waals surface area (Å²) in [6.45, 7) is 4.29. The minimum Gasteiger partial charge on any atom is -0.294 e. The molecular weight excluding hydrogens is 376 g/mol. The van der Waals surface area contributed by atoms with Crippen molar-refractivity contribution >= 4 is 29.2 Å². The molecule has 2 aromatic carbocycles. The van der Waals surface area contributed by atoms with Crippen LogP contribution < -0.4 is 10.9 Å². The smallest absolute Gasteiger partial charge is 0.242 e. The van der Waals surface area contributed by atoms with Crippen LogP contribution in [0.5, 0.6) is 0 Å². The van der Waals surface area contributed by atoms with E-state index in [2.05, 4.69) is 24.7 Å². The first kappa shape index (κ1) is 21.6. The van der Waals surface area contributed by atoms with Crippen molar-refractivity contribution in [3.05, 3.63) is 70.2 Å². The lowest BCUT2D eigenvalue weighted by Gasteiger charge is -2.08. The van der Waals surface area contributed by atoms with Crippen molar-refractivity contribution in [2.75, 3.05) is 0 Å². The number of amides is 2. The molecule has 0 saturated carbocycles. The number of carbonyl (C=O) groups excluding carboxylic acids is 3. The molecule has 0 aliphatic heterocycles. The molecule has 2 rings (SSSR count). The van der Waals surface area contributed by atoms with E-state index in [0.29, 0.717) is 16.5 Å². The summed E-state index contributed by atoms with van der Waals surface area (Å²) in [4.78, 5) is 35.9. The fraction of sp³-hybridized carbons (Fsp3) is 0.318. The van der Waals surface area contributed by atoms with Gasteiger partial charge in [0.25, 0.3) is 0 Å². The Morgan fingerprint density at radius 2 is 1.39 bits per heavy atom. The molecule has 0 spiro atoms. The number of hydrazine groups is 1. The maximum Gasteiger partial charge on any atom is 0.242 e. The molecule has 5 nitrogen and oxygen atoms in total. The van der Waals surface area contributed by atoms with Crippen LogP contribution >= 0.6 is 11.6 Å². The summed E-state index contributed by atoms with van der Waals surface area (Å²) in [5.74, 6) is -0.295. The molecule has 0 saturated heterocycles. The minimum atomic E-state index is -0.408. The van der Waals surface area contributed by atoms with E-state index in [1.165, 1.54) is 5.56 Å². The fourth-order valence-corrected chi connectivity index (χ4v) is 2.83. The minimum absolute atomic E-state index is 0.00774. The number of carbonyl (C=O) groups is 3. The standard InChI is InChI=1S/C22H25ClN2O3/c1-15(2)13-16-3-7-18(8-4-16)20(26)11-12-21(27)24-25-22(28)14-17-5-9-19(23)10-6-17/h3-10,15H,11-14H2,1-2H3,(H,24,27)(H,25,28). The van der Waals surface area contributed by atoms with Crippen molar-refractivity contribution in [1.82, 2.24) is 10.9 Å². The van der Waals surface area contributed by atoms with Crippen LogP contribution in [0.4, 0.5) is 0 Å². The first-order chi connectivity index (χ1) is 13.3. The van der Waals surface area contributed by atoms with Crippen LogP contribution in [0.15, 0.2) is 48.5 Å². The van der Waals surface area contributed by atoms with Crippen LogP contribution in [0.25, 0.3) is 0 Å². The second kappa shape index (κ2) is 10.6. The lowest BCUT2D eigenvalue weighted by atomic mass is 9.99. The summed E-state index contributed by atoms with van der Waals surface area (Å²) >= 11 is 5.80. The number of halogens is 1. The highest BCUT2D eigenvalue weighted by Crippen LogP contribution is 2.12. The van der Waals surface area contributed by atoms with Crippen LogP contribution in [-0.2, 0) is 22.4 Å².